The van der Waals surface area contributed by atoms with E-state index in [2.05, 4.69) is 32.2 Å². The van der Waals surface area contributed by atoms with E-state index < -0.39 is 23.9 Å². The molecule has 1 aliphatic heterocycles. The maximum atomic E-state index is 13.1. The molecule has 4 rings (SSSR count). The van der Waals surface area contributed by atoms with Gasteiger partial charge in [0.05, 0.1) is 6.04 Å². The zero-order valence-corrected chi connectivity index (χ0v) is 20.4. The number of halogens is 3. The Hall–Kier alpha value is -3.05. The lowest BCUT2D eigenvalue weighted by atomic mass is 10.1. The Morgan fingerprint density at radius 2 is 1.94 bits per heavy atom. The highest BCUT2D eigenvalue weighted by molar-refractivity contribution is 7.14. The number of aromatic nitrogens is 3. The Bertz CT molecular complexity index is 1180. The topological polar surface area (TPSA) is 80.2 Å². The summed E-state index contributed by atoms with van der Waals surface area (Å²) in [6, 6.07) is 4.70. The van der Waals surface area contributed by atoms with Crippen molar-refractivity contribution in [2.24, 2.45) is 0 Å². The lowest BCUT2D eigenvalue weighted by Gasteiger charge is -2.30. The van der Waals surface area contributed by atoms with Crippen LogP contribution in [0.1, 0.15) is 52.4 Å². The van der Waals surface area contributed by atoms with E-state index in [1.54, 1.807) is 25.3 Å². The third kappa shape index (κ3) is 6.34. The van der Waals surface area contributed by atoms with Crippen molar-refractivity contribution in [2.45, 2.75) is 45.0 Å². The van der Waals surface area contributed by atoms with Crippen LogP contribution >= 0.6 is 11.3 Å². The summed E-state index contributed by atoms with van der Waals surface area (Å²) in [5, 5.41) is 3.58. The van der Waals surface area contributed by atoms with Crippen LogP contribution in [0.4, 0.5) is 13.2 Å². The maximum absolute atomic E-state index is 13.1. The monoisotopic (exact) mass is 505 g/mol. The normalized spacial score (nSPS) is 17.7. The number of thiazole rings is 1. The predicted molar refractivity (Wildman–Crippen MR) is 126 cm³/mol. The number of hydrogen-bond acceptors (Lipinski definition) is 7. The fourth-order valence-corrected chi connectivity index (χ4v) is 4.64. The molecule has 1 unspecified atom stereocenters. The van der Waals surface area contributed by atoms with Gasteiger partial charge < -0.3 is 15.0 Å². The van der Waals surface area contributed by atoms with Gasteiger partial charge in [0.25, 0.3) is 5.91 Å². The number of likely N-dealkylation sites (tertiary alicyclic amines) is 1. The van der Waals surface area contributed by atoms with Crippen molar-refractivity contribution in [3.8, 4) is 16.3 Å². The highest BCUT2D eigenvalue weighted by Crippen LogP contribution is 2.31. The average Bonchev–Trinajstić information content (AvgIpc) is 3.25. The van der Waals surface area contributed by atoms with Gasteiger partial charge in [0, 0.05) is 46.7 Å². The molecular weight excluding hydrogens is 479 g/mol. The Morgan fingerprint density at radius 3 is 2.57 bits per heavy atom. The second kappa shape index (κ2) is 10.3. The first-order valence-corrected chi connectivity index (χ1v) is 12.0. The molecule has 0 radical (unpaired) electrons. The number of likely N-dealkylation sites (N-methyl/N-ethyl adjacent to an activating group) is 1. The number of benzene rings is 1. The fraction of sp³-hybridized carbons (Fsp3) is 0.417. The zero-order chi connectivity index (χ0) is 25.2. The van der Waals surface area contributed by atoms with E-state index in [4.69, 9.17) is 4.74 Å². The number of ether oxygens (including phenoxy) is 1. The smallest absolute Gasteiger partial charge is 0.451 e. The van der Waals surface area contributed by atoms with Crippen molar-refractivity contribution in [3.05, 3.63) is 58.6 Å². The van der Waals surface area contributed by atoms with Crippen LogP contribution in [0.2, 0.25) is 0 Å². The highest BCUT2D eigenvalue weighted by Gasteiger charge is 2.34. The van der Waals surface area contributed by atoms with Crippen LogP contribution in [0, 0.1) is 6.92 Å². The van der Waals surface area contributed by atoms with Gasteiger partial charge in [0.1, 0.15) is 16.9 Å². The van der Waals surface area contributed by atoms with E-state index in [0.29, 0.717) is 16.9 Å². The van der Waals surface area contributed by atoms with Crippen molar-refractivity contribution in [2.75, 3.05) is 20.1 Å². The molecule has 2 atom stereocenters. The van der Waals surface area contributed by atoms with E-state index in [9.17, 15) is 18.0 Å². The van der Waals surface area contributed by atoms with Gasteiger partial charge in [-0.3, -0.25) is 4.79 Å². The summed E-state index contributed by atoms with van der Waals surface area (Å²) in [6.45, 7) is 5.44. The molecule has 3 aromatic rings. The lowest BCUT2D eigenvalue weighted by molar-refractivity contribution is -0.145. The van der Waals surface area contributed by atoms with Crippen LogP contribution in [0.15, 0.2) is 36.8 Å². The molecule has 3 heterocycles. The number of carbonyl (C=O) groups is 1. The number of nitrogens with one attached hydrogen (secondary N) is 1. The number of aryl methyl sites for hydroxylation is 1. The first-order chi connectivity index (χ1) is 16.6. The molecule has 11 heteroatoms. The molecule has 2 aromatic heterocycles. The summed E-state index contributed by atoms with van der Waals surface area (Å²) >= 11 is 1.52. The van der Waals surface area contributed by atoms with E-state index >= 15 is 0 Å². The number of hydrogen-bond donors (Lipinski definition) is 1. The number of piperidine rings is 1. The Balaban J connectivity index is 1.56. The zero-order valence-electron chi connectivity index (χ0n) is 19.6. The third-order valence-corrected chi connectivity index (χ3v) is 6.66. The number of nitrogens with zero attached hydrogens (tertiary/aromatic N) is 4. The van der Waals surface area contributed by atoms with Crippen LogP contribution in [0.5, 0.6) is 5.75 Å². The van der Waals surface area contributed by atoms with Gasteiger partial charge in [-0.2, -0.15) is 13.2 Å². The third-order valence-electron chi connectivity index (χ3n) is 5.69. The summed E-state index contributed by atoms with van der Waals surface area (Å²) < 4.78 is 44.5. The van der Waals surface area contributed by atoms with Crippen LogP contribution in [0.25, 0.3) is 10.6 Å². The molecule has 186 valence electrons. The van der Waals surface area contributed by atoms with Crippen molar-refractivity contribution in [1.29, 1.82) is 0 Å². The fourth-order valence-electron chi connectivity index (χ4n) is 3.89. The first-order valence-electron chi connectivity index (χ1n) is 11.2. The SMILES string of the molecule is Cc1cnc(-c2cc(O[C@H]3CCCN(C)C3)cc(C(=O)NC(C)c3cnc(C(F)(F)F)nc3)c2)s1. The minimum absolute atomic E-state index is 0.0150. The van der Waals surface area contributed by atoms with Gasteiger partial charge in [-0.15, -0.1) is 11.3 Å². The molecule has 1 aromatic carbocycles. The van der Waals surface area contributed by atoms with Crippen LogP contribution in [-0.2, 0) is 6.18 Å². The summed E-state index contributed by atoms with van der Waals surface area (Å²) in [5.41, 5.74) is 1.49. The Kier molecular flexibility index (Phi) is 7.36. The van der Waals surface area contributed by atoms with Gasteiger partial charge in [-0.25, -0.2) is 15.0 Å². The van der Waals surface area contributed by atoms with Gasteiger partial charge >= 0.3 is 6.18 Å². The second-order valence-corrected chi connectivity index (χ2v) is 9.93. The summed E-state index contributed by atoms with van der Waals surface area (Å²) in [7, 11) is 2.05. The molecule has 7 nitrogen and oxygen atoms in total. The number of alkyl halides is 3. The highest BCUT2D eigenvalue weighted by atomic mass is 32.1. The van der Waals surface area contributed by atoms with E-state index in [-0.39, 0.29) is 6.10 Å². The van der Waals surface area contributed by atoms with Crippen molar-refractivity contribution in [3.63, 3.8) is 0 Å². The van der Waals surface area contributed by atoms with Crippen molar-refractivity contribution >= 4 is 17.2 Å². The molecule has 1 N–H and O–H groups in total. The molecule has 0 saturated carbocycles. The minimum Gasteiger partial charge on any atom is -0.489 e. The first kappa shape index (κ1) is 25.1. The predicted octanol–water partition coefficient (Wildman–Crippen LogP) is 4.89. The van der Waals surface area contributed by atoms with E-state index in [1.165, 1.54) is 11.3 Å². The average molecular weight is 506 g/mol. The van der Waals surface area contributed by atoms with Gasteiger partial charge in [0.2, 0.25) is 5.82 Å². The summed E-state index contributed by atoms with van der Waals surface area (Å²) in [4.78, 5) is 27.6. The molecular formula is C24H26F3N5O2S. The summed E-state index contributed by atoms with van der Waals surface area (Å²) in [6.07, 6.45) is 1.28. The standard InChI is InChI=1S/C24H26F3N5O2S/c1-14-10-28-22(35-14)17-7-16(8-20(9-17)34-19-5-4-6-32(3)13-19)21(33)31-15(2)18-11-29-23(30-12-18)24(25,26)27/h7-12,15,19H,4-6,13H2,1-3H3,(H,31,33)/t15?,19-/m0/s1. The molecule has 0 bridgehead atoms. The van der Waals surface area contributed by atoms with Crippen molar-refractivity contribution in [1.82, 2.24) is 25.2 Å². The second-order valence-electron chi connectivity index (χ2n) is 8.70. The number of amides is 1. The van der Waals surface area contributed by atoms with Crippen LogP contribution < -0.4 is 10.1 Å². The van der Waals surface area contributed by atoms with Gasteiger partial charge in [-0.05, 0) is 58.5 Å². The minimum atomic E-state index is -4.62. The molecule has 1 amide bonds. The molecule has 1 saturated heterocycles. The number of carbonyl (C=O) groups excluding carboxylic acids is 1. The Labute approximate surface area is 205 Å². The quantitative estimate of drug-likeness (QED) is 0.514. The lowest BCUT2D eigenvalue weighted by Crippen LogP contribution is -2.38. The van der Waals surface area contributed by atoms with Crippen LogP contribution in [-0.4, -0.2) is 52.0 Å². The van der Waals surface area contributed by atoms with Gasteiger partial charge in [-0.1, -0.05) is 0 Å². The number of rotatable bonds is 6. The molecule has 35 heavy (non-hydrogen) atoms. The molecule has 0 spiro atoms. The molecule has 1 aliphatic rings. The van der Waals surface area contributed by atoms with Crippen molar-refractivity contribution < 1.29 is 22.7 Å². The molecule has 0 aliphatic carbocycles. The largest absolute Gasteiger partial charge is 0.489 e. The van der Waals surface area contributed by atoms with E-state index in [0.717, 1.165) is 53.8 Å². The molecule has 1 fully saturated rings. The van der Waals surface area contributed by atoms with E-state index in [1.807, 2.05) is 13.0 Å². The summed E-state index contributed by atoms with van der Waals surface area (Å²) in [5.74, 6) is -1.04. The Morgan fingerprint density at radius 1 is 1.20 bits per heavy atom. The maximum Gasteiger partial charge on any atom is 0.451 e. The van der Waals surface area contributed by atoms with Crippen LogP contribution in [0.3, 0.4) is 0 Å². The van der Waals surface area contributed by atoms with Gasteiger partial charge in [0.15, 0.2) is 0 Å².